The second-order valence-electron chi connectivity index (χ2n) is 1.35. The molecule has 1 aliphatic rings. The molecule has 0 unspecified atom stereocenters. The number of rotatable bonds is 2. The lowest BCUT2D eigenvalue weighted by molar-refractivity contribution is 0.598. The molecule has 1 atom stereocenters. The van der Waals surface area contributed by atoms with E-state index in [0.29, 0.717) is 5.84 Å². The van der Waals surface area contributed by atoms with Crippen molar-refractivity contribution in [1.82, 2.24) is 10.9 Å². The first-order chi connectivity index (χ1) is 3.34. The van der Waals surface area contributed by atoms with Crippen molar-refractivity contribution in [2.24, 2.45) is 10.7 Å². The number of hydrogen-bond acceptors (Lipinski definition) is 4. The van der Waals surface area contributed by atoms with Gasteiger partial charge in [-0.2, -0.15) is 0 Å². The summed E-state index contributed by atoms with van der Waals surface area (Å²) >= 11 is 0. The number of nitrogens with two attached hydrogens (primary N) is 1. The molecule has 1 aliphatic heterocycles. The first-order valence-corrected chi connectivity index (χ1v) is 2.10. The van der Waals surface area contributed by atoms with Crippen LogP contribution >= 0.6 is 0 Å². The van der Waals surface area contributed by atoms with Crippen LogP contribution in [-0.4, -0.2) is 19.0 Å². The van der Waals surface area contributed by atoms with Crippen molar-refractivity contribution in [2.45, 2.75) is 6.17 Å². The maximum atomic E-state index is 5.20. The Hall–Kier alpha value is -0.610. The van der Waals surface area contributed by atoms with Crippen molar-refractivity contribution in [2.75, 3.05) is 7.05 Å². The normalized spacial score (nSPS) is 27.0. The molecule has 40 valence electrons. The lowest BCUT2D eigenvalue weighted by Crippen LogP contribution is -2.35. The molecule has 0 radical (unpaired) electrons. The monoisotopic (exact) mass is 100 g/mol. The van der Waals surface area contributed by atoms with Crippen LogP contribution in [0.5, 0.6) is 0 Å². The second kappa shape index (κ2) is 1.48. The van der Waals surface area contributed by atoms with Gasteiger partial charge in [0.15, 0.2) is 6.17 Å². The molecule has 0 bridgehead atoms. The summed E-state index contributed by atoms with van der Waals surface area (Å²) in [5.74, 6) is 0.675. The van der Waals surface area contributed by atoms with Crippen LogP contribution in [0.25, 0.3) is 0 Å². The van der Waals surface area contributed by atoms with E-state index in [2.05, 4.69) is 15.8 Å². The Kier molecular flexibility index (Phi) is 0.958. The second-order valence-corrected chi connectivity index (χ2v) is 1.35. The number of hydrogen-bond donors (Lipinski definition) is 3. The van der Waals surface area contributed by atoms with Crippen molar-refractivity contribution in [3.05, 3.63) is 0 Å². The lowest BCUT2D eigenvalue weighted by Gasteiger charge is -1.93. The van der Waals surface area contributed by atoms with Gasteiger partial charge >= 0.3 is 0 Å². The van der Waals surface area contributed by atoms with E-state index in [-0.39, 0.29) is 6.17 Å². The Morgan fingerprint density at radius 3 is 2.57 bits per heavy atom. The maximum absolute atomic E-state index is 5.20. The van der Waals surface area contributed by atoms with Crippen LogP contribution in [0.15, 0.2) is 4.99 Å². The number of amidine groups is 1. The van der Waals surface area contributed by atoms with Crippen LogP contribution in [0, 0.1) is 0 Å². The third kappa shape index (κ3) is 0.880. The van der Waals surface area contributed by atoms with E-state index in [1.54, 1.807) is 7.05 Å². The Balaban J connectivity index is 2.03. The quantitative estimate of drug-likeness (QED) is 0.366. The minimum atomic E-state index is 0.0741. The molecule has 0 aromatic heterocycles. The molecular weight excluding hydrogens is 92.1 g/mol. The topological polar surface area (TPSA) is 62.4 Å². The van der Waals surface area contributed by atoms with Gasteiger partial charge in [-0.15, -0.1) is 0 Å². The third-order valence-corrected chi connectivity index (χ3v) is 0.772. The van der Waals surface area contributed by atoms with Gasteiger partial charge in [0, 0.05) is 0 Å². The van der Waals surface area contributed by atoms with Crippen molar-refractivity contribution in [3.8, 4) is 0 Å². The van der Waals surface area contributed by atoms with Gasteiger partial charge in [-0.1, -0.05) is 0 Å². The van der Waals surface area contributed by atoms with Crippen LogP contribution in [0.2, 0.25) is 0 Å². The molecule has 0 saturated carbocycles. The Morgan fingerprint density at radius 2 is 2.43 bits per heavy atom. The van der Waals surface area contributed by atoms with E-state index in [4.69, 9.17) is 5.73 Å². The molecule has 0 saturated heterocycles. The van der Waals surface area contributed by atoms with Gasteiger partial charge < -0.3 is 5.73 Å². The van der Waals surface area contributed by atoms with Gasteiger partial charge in [-0.05, 0) is 7.05 Å². The Morgan fingerprint density at radius 1 is 1.86 bits per heavy atom. The van der Waals surface area contributed by atoms with Gasteiger partial charge in [0.05, 0.1) is 0 Å². The fraction of sp³-hybridized carbons (Fsp3) is 0.667. The molecule has 1 heterocycles. The third-order valence-electron chi connectivity index (χ3n) is 0.772. The summed E-state index contributed by atoms with van der Waals surface area (Å²) in [6, 6.07) is 0. The number of aliphatic imine (C=N–C) groups is 1. The van der Waals surface area contributed by atoms with Crippen molar-refractivity contribution in [3.63, 3.8) is 0 Å². The van der Waals surface area contributed by atoms with Gasteiger partial charge in [0.1, 0.15) is 5.84 Å². The predicted octanol–water partition coefficient (Wildman–Crippen LogP) is -1.59. The van der Waals surface area contributed by atoms with Gasteiger partial charge in [-0.25, -0.2) is 10.4 Å². The Labute approximate surface area is 41.8 Å². The molecule has 4 nitrogen and oxygen atoms in total. The zero-order valence-electron chi connectivity index (χ0n) is 4.10. The molecule has 0 amide bonds. The summed E-state index contributed by atoms with van der Waals surface area (Å²) in [5, 5.41) is 0. The molecule has 0 aromatic rings. The summed E-state index contributed by atoms with van der Waals surface area (Å²) < 4.78 is 0. The molecule has 0 spiro atoms. The summed E-state index contributed by atoms with van der Waals surface area (Å²) in [7, 11) is 1.78. The molecule has 0 aliphatic carbocycles. The highest BCUT2D eigenvalue weighted by Crippen LogP contribution is 1.98. The standard InChI is InChI=1S/C3H8N4/c1-5-7-3-2(4)6-3/h3,5,7H,1H3,(H2,4,6)/t3-/m1/s1. The first kappa shape index (κ1) is 4.55. The number of hydrazine groups is 1. The highest BCUT2D eigenvalue weighted by Gasteiger charge is 2.21. The van der Waals surface area contributed by atoms with E-state index in [9.17, 15) is 0 Å². The van der Waals surface area contributed by atoms with Crippen LogP contribution in [-0.2, 0) is 0 Å². The zero-order valence-corrected chi connectivity index (χ0v) is 4.10. The van der Waals surface area contributed by atoms with E-state index >= 15 is 0 Å². The van der Waals surface area contributed by atoms with E-state index in [1.165, 1.54) is 0 Å². The lowest BCUT2D eigenvalue weighted by atomic mass is 10.7. The maximum Gasteiger partial charge on any atom is 0.171 e. The van der Waals surface area contributed by atoms with Crippen molar-refractivity contribution in [1.29, 1.82) is 0 Å². The van der Waals surface area contributed by atoms with Crippen LogP contribution in [0.1, 0.15) is 0 Å². The molecule has 4 N–H and O–H groups in total. The number of nitrogens with zero attached hydrogens (tertiary/aromatic N) is 1. The van der Waals surface area contributed by atoms with Crippen LogP contribution in [0.4, 0.5) is 0 Å². The zero-order chi connectivity index (χ0) is 5.28. The van der Waals surface area contributed by atoms with Crippen molar-refractivity contribution >= 4 is 5.84 Å². The van der Waals surface area contributed by atoms with Gasteiger partial charge in [-0.3, -0.25) is 5.43 Å². The van der Waals surface area contributed by atoms with Crippen LogP contribution < -0.4 is 16.6 Å². The molecule has 7 heavy (non-hydrogen) atoms. The fourth-order valence-electron chi connectivity index (χ4n) is 0.355. The van der Waals surface area contributed by atoms with Crippen molar-refractivity contribution < 1.29 is 0 Å². The van der Waals surface area contributed by atoms with E-state index in [0.717, 1.165) is 0 Å². The summed E-state index contributed by atoms with van der Waals surface area (Å²) in [6.07, 6.45) is 0.0741. The van der Waals surface area contributed by atoms with E-state index in [1.807, 2.05) is 0 Å². The minimum absolute atomic E-state index is 0.0741. The average molecular weight is 100 g/mol. The molecule has 0 fully saturated rings. The minimum Gasteiger partial charge on any atom is -0.384 e. The Bertz CT molecular complexity index is 97.1. The SMILES string of the molecule is CNN[C@H]1N=C1N. The summed E-state index contributed by atoms with van der Waals surface area (Å²) in [5.41, 5.74) is 10.7. The average Bonchev–Trinajstić information content (AvgIpc) is 2.22. The fourth-order valence-corrected chi connectivity index (χ4v) is 0.355. The van der Waals surface area contributed by atoms with Crippen LogP contribution in [0.3, 0.4) is 0 Å². The molecule has 1 rings (SSSR count). The summed E-state index contributed by atoms with van der Waals surface area (Å²) in [6.45, 7) is 0. The summed E-state index contributed by atoms with van der Waals surface area (Å²) in [4.78, 5) is 3.77. The molecular formula is C3H8N4. The highest BCUT2D eigenvalue weighted by atomic mass is 15.4. The molecule has 0 aromatic carbocycles. The van der Waals surface area contributed by atoms with E-state index < -0.39 is 0 Å². The van der Waals surface area contributed by atoms with Gasteiger partial charge in [0.2, 0.25) is 0 Å². The molecule has 4 heteroatoms. The largest absolute Gasteiger partial charge is 0.384 e. The smallest absolute Gasteiger partial charge is 0.171 e. The highest BCUT2D eigenvalue weighted by molar-refractivity contribution is 5.96. The van der Waals surface area contributed by atoms with Gasteiger partial charge in [0.25, 0.3) is 0 Å². The number of nitrogens with one attached hydrogen (secondary N) is 2. The first-order valence-electron chi connectivity index (χ1n) is 2.10. The predicted molar refractivity (Wildman–Crippen MR) is 27.6 cm³/mol.